The van der Waals surface area contributed by atoms with Crippen molar-refractivity contribution in [3.05, 3.63) is 34.3 Å². The molecule has 19 heavy (non-hydrogen) atoms. The Morgan fingerprint density at radius 2 is 1.95 bits per heavy atom. The number of benzene rings is 1. The van der Waals surface area contributed by atoms with Crippen molar-refractivity contribution < 1.29 is 9.84 Å². The lowest BCUT2D eigenvalue weighted by molar-refractivity contribution is -0.0880. The van der Waals surface area contributed by atoms with Crippen molar-refractivity contribution in [2.24, 2.45) is 5.92 Å². The molecule has 1 heterocycles. The molecule has 0 spiro atoms. The SMILES string of the molecule is Cc1cc(Cl)ccc1C(O)C1CC(C)(C)OC1(C)C. The van der Waals surface area contributed by atoms with Gasteiger partial charge in [-0.05, 0) is 64.3 Å². The molecule has 0 amide bonds. The molecule has 2 nitrogen and oxygen atoms in total. The van der Waals surface area contributed by atoms with Crippen molar-refractivity contribution in [2.45, 2.75) is 58.3 Å². The summed E-state index contributed by atoms with van der Waals surface area (Å²) >= 11 is 5.98. The number of aryl methyl sites for hydroxylation is 1. The molecule has 106 valence electrons. The van der Waals surface area contributed by atoms with E-state index < -0.39 is 6.10 Å². The molecule has 1 aromatic rings. The molecule has 0 saturated carbocycles. The summed E-state index contributed by atoms with van der Waals surface area (Å²) in [7, 11) is 0. The van der Waals surface area contributed by atoms with Crippen molar-refractivity contribution >= 4 is 11.6 Å². The molecule has 1 aliphatic heterocycles. The zero-order valence-corrected chi connectivity index (χ0v) is 13.1. The topological polar surface area (TPSA) is 29.5 Å². The molecule has 0 radical (unpaired) electrons. The highest BCUT2D eigenvalue weighted by atomic mass is 35.5. The van der Waals surface area contributed by atoms with Gasteiger partial charge in [0.25, 0.3) is 0 Å². The first-order valence-corrected chi connectivity index (χ1v) is 7.14. The molecule has 1 aromatic carbocycles. The van der Waals surface area contributed by atoms with E-state index in [1.165, 1.54) is 0 Å². The van der Waals surface area contributed by atoms with E-state index in [9.17, 15) is 5.11 Å². The van der Waals surface area contributed by atoms with Crippen LogP contribution < -0.4 is 0 Å². The second-order valence-corrected chi connectivity index (χ2v) is 7.16. The maximum Gasteiger partial charge on any atom is 0.0849 e. The number of aliphatic hydroxyl groups excluding tert-OH is 1. The van der Waals surface area contributed by atoms with Crippen LogP contribution in [0, 0.1) is 12.8 Å². The summed E-state index contributed by atoms with van der Waals surface area (Å²) in [5.74, 6) is 0.0855. The van der Waals surface area contributed by atoms with Crippen molar-refractivity contribution in [3.8, 4) is 0 Å². The number of aliphatic hydroxyl groups is 1. The van der Waals surface area contributed by atoms with E-state index in [2.05, 4.69) is 27.7 Å². The number of ether oxygens (including phenoxy) is 1. The molecule has 3 heteroatoms. The fourth-order valence-electron chi connectivity index (χ4n) is 3.28. The summed E-state index contributed by atoms with van der Waals surface area (Å²) in [4.78, 5) is 0. The van der Waals surface area contributed by atoms with Gasteiger partial charge in [0, 0.05) is 10.9 Å². The first-order valence-electron chi connectivity index (χ1n) is 6.77. The summed E-state index contributed by atoms with van der Waals surface area (Å²) in [6.07, 6.45) is 0.331. The van der Waals surface area contributed by atoms with Gasteiger partial charge in [-0.25, -0.2) is 0 Å². The van der Waals surface area contributed by atoms with Crippen LogP contribution in [0.4, 0.5) is 0 Å². The third kappa shape index (κ3) is 2.96. The van der Waals surface area contributed by atoms with Crippen molar-refractivity contribution in [1.82, 2.24) is 0 Å². The van der Waals surface area contributed by atoms with E-state index in [1.807, 2.05) is 25.1 Å². The molecule has 1 fully saturated rings. The van der Waals surface area contributed by atoms with Crippen LogP contribution in [0.25, 0.3) is 0 Å². The van der Waals surface area contributed by atoms with Gasteiger partial charge in [-0.15, -0.1) is 0 Å². The summed E-state index contributed by atoms with van der Waals surface area (Å²) in [5, 5.41) is 11.4. The van der Waals surface area contributed by atoms with E-state index >= 15 is 0 Å². The third-order valence-electron chi connectivity index (χ3n) is 4.08. The largest absolute Gasteiger partial charge is 0.388 e. The average molecular weight is 283 g/mol. The second-order valence-electron chi connectivity index (χ2n) is 6.72. The van der Waals surface area contributed by atoms with Crippen molar-refractivity contribution in [1.29, 1.82) is 0 Å². The molecule has 2 atom stereocenters. The van der Waals surface area contributed by atoms with Gasteiger partial charge in [0.2, 0.25) is 0 Å². The Morgan fingerprint density at radius 1 is 1.32 bits per heavy atom. The van der Waals surface area contributed by atoms with Gasteiger partial charge in [0.05, 0.1) is 17.3 Å². The van der Waals surface area contributed by atoms with E-state index in [0.717, 1.165) is 17.5 Å². The van der Waals surface area contributed by atoms with E-state index in [4.69, 9.17) is 16.3 Å². The Balaban J connectivity index is 2.31. The Labute approximate surface area is 120 Å². The highest BCUT2D eigenvalue weighted by Gasteiger charge is 2.49. The van der Waals surface area contributed by atoms with Gasteiger partial charge in [-0.1, -0.05) is 17.7 Å². The fourth-order valence-corrected chi connectivity index (χ4v) is 3.51. The summed E-state index contributed by atoms with van der Waals surface area (Å²) in [5.41, 5.74) is 1.47. The number of hydrogen-bond acceptors (Lipinski definition) is 2. The predicted octanol–water partition coefficient (Wildman–Crippen LogP) is 4.28. The standard InChI is InChI=1S/C16H23ClO2/c1-10-8-11(17)6-7-12(10)14(18)13-9-15(2,3)19-16(13,4)5/h6-8,13-14,18H,9H2,1-5H3. The monoisotopic (exact) mass is 282 g/mol. The highest BCUT2D eigenvalue weighted by Crippen LogP contribution is 2.48. The average Bonchev–Trinajstić information content (AvgIpc) is 2.45. The van der Waals surface area contributed by atoms with Gasteiger partial charge >= 0.3 is 0 Å². The molecule has 0 aliphatic carbocycles. The van der Waals surface area contributed by atoms with Crippen LogP contribution in [0.1, 0.15) is 51.3 Å². The Bertz CT molecular complexity index is 480. The van der Waals surface area contributed by atoms with Crippen LogP contribution in [0.15, 0.2) is 18.2 Å². The quantitative estimate of drug-likeness (QED) is 0.877. The van der Waals surface area contributed by atoms with Crippen LogP contribution in [0.3, 0.4) is 0 Å². The van der Waals surface area contributed by atoms with Crippen LogP contribution in [0.2, 0.25) is 5.02 Å². The minimum Gasteiger partial charge on any atom is -0.388 e. The molecule has 2 rings (SSSR count). The van der Waals surface area contributed by atoms with Gasteiger partial charge in [0.1, 0.15) is 0 Å². The summed E-state index contributed by atoms with van der Waals surface area (Å²) in [6, 6.07) is 5.65. The zero-order valence-electron chi connectivity index (χ0n) is 12.3. The number of rotatable bonds is 2. The lowest BCUT2D eigenvalue weighted by Gasteiger charge is -2.31. The van der Waals surface area contributed by atoms with Crippen molar-refractivity contribution in [2.75, 3.05) is 0 Å². The zero-order chi connectivity index (χ0) is 14.4. The molecule has 1 aliphatic rings. The van der Waals surface area contributed by atoms with Gasteiger partial charge in [0.15, 0.2) is 0 Å². The molecular weight excluding hydrogens is 260 g/mol. The summed E-state index contributed by atoms with van der Waals surface area (Å²) in [6.45, 7) is 10.3. The van der Waals surface area contributed by atoms with Crippen molar-refractivity contribution in [3.63, 3.8) is 0 Å². The maximum absolute atomic E-state index is 10.7. The first-order chi connectivity index (χ1) is 8.62. The van der Waals surface area contributed by atoms with Gasteiger partial charge in [-0.3, -0.25) is 0 Å². The van der Waals surface area contributed by atoms with Crippen LogP contribution in [0.5, 0.6) is 0 Å². The minimum atomic E-state index is -0.519. The fraction of sp³-hybridized carbons (Fsp3) is 0.625. The van der Waals surface area contributed by atoms with E-state index in [0.29, 0.717) is 5.02 Å². The van der Waals surface area contributed by atoms with E-state index in [1.54, 1.807) is 0 Å². The first kappa shape index (κ1) is 14.8. The van der Waals surface area contributed by atoms with Crippen LogP contribution in [-0.2, 0) is 4.74 Å². The molecule has 1 saturated heterocycles. The Kier molecular flexibility index (Phi) is 3.72. The molecule has 0 aromatic heterocycles. The van der Waals surface area contributed by atoms with Gasteiger partial charge in [-0.2, -0.15) is 0 Å². The number of halogens is 1. The third-order valence-corrected chi connectivity index (χ3v) is 4.31. The van der Waals surface area contributed by atoms with Gasteiger partial charge < -0.3 is 9.84 Å². The molecule has 0 bridgehead atoms. The Morgan fingerprint density at radius 3 is 2.42 bits per heavy atom. The maximum atomic E-state index is 10.7. The molecule has 1 N–H and O–H groups in total. The normalized spacial score (nSPS) is 26.4. The molecular formula is C16H23ClO2. The van der Waals surface area contributed by atoms with Crippen LogP contribution >= 0.6 is 11.6 Å². The highest BCUT2D eigenvalue weighted by molar-refractivity contribution is 6.30. The lowest BCUT2D eigenvalue weighted by Crippen LogP contribution is -2.32. The predicted molar refractivity (Wildman–Crippen MR) is 78.5 cm³/mol. The smallest absolute Gasteiger partial charge is 0.0849 e. The minimum absolute atomic E-state index is 0.0855. The number of hydrogen-bond donors (Lipinski definition) is 1. The second kappa shape index (κ2) is 4.76. The van der Waals surface area contributed by atoms with E-state index in [-0.39, 0.29) is 17.1 Å². The molecule has 2 unspecified atom stereocenters. The van der Waals surface area contributed by atoms with Crippen LogP contribution in [-0.4, -0.2) is 16.3 Å². The summed E-state index contributed by atoms with van der Waals surface area (Å²) < 4.78 is 6.07. The lowest BCUT2D eigenvalue weighted by atomic mass is 9.79. The Hall–Kier alpha value is -0.570.